The van der Waals surface area contributed by atoms with Crippen molar-refractivity contribution >= 4 is 48.6 Å². The number of hydrogen-bond donors (Lipinski definition) is 0. The minimum absolute atomic E-state index is 0.158. The maximum atomic E-state index is 2.50. The third kappa shape index (κ3) is 6.39. The third-order valence-corrected chi connectivity index (χ3v) is 17.0. The van der Waals surface area contributed by atoms with E-state index in [0.29, 0.717) is 0 Å². The monoisotopic (exact) mass is 935 g/mol. The molecule has 0 radical (unpaired) electrons. The van der Waals surface area contributed by atoms with E-state index in [0.717, 1.165) is 17.1 Å². The molecule has 1 aromatic heterocycles. The van der Waals surface area contributed by atoms with E-state index >= 15 is 0 Å². The molecule has 11 aromatic carbocycles. The van der Waals surface area contributed by atoms with Gasteiger partial charge in [0.15, 0.2) is 0 Å². The fraction of sp³-hybridized carbons (Fsp3) is 0.0571. The van der Waals surface area contributed by atoms with Crippen LogP contribution in [0.2, 0.25) is 0 Å². The Labute approximate surface area is 425 Å². The van der Waals surface area contributed by atoms with Gasteiger partial charge in [0.1, 0.15) is 0 Å². The van der Waals surface area contributed by atoms with Crippen LogP contribution >= 0.6 is 11.3 Å². The lowest BCUT2D eigenvalue weighted by atomic mass is 9.67. The smallest absolute Gasteiger partial charge is 0.0713 e. The van der Waals surface area contributed by atoms with E-state index in [2.05, 4.69) is 280 Å². The zero-order valence-corrected chi connectivity index (χ0v) is 41.0. The second-order valence-corrected chi connectivity index (χ2v) is 21.0. The van der Waals surface area contributed by atoms with E-state index in [9.17, 15) is 0 Å². The first-order valence-corrected chi connectivity index (χ1v) is 25.9. The van der Waals surface area contributed by atoms with Crippen molar-refractivity contribution in [2.75, 3.05) is 4.90 Å². The van der Waals surface area contributed by atoms with Crippen molar-refractivity contribution in [3.63, 3.8) is 0 Å². The normalized spacial score (nSPS) is 15.0. The third-order valence-electron chi connectivity index (χ3n) is 15.8. The van der Waals surface area contributed by atoms with Crippen LogP contribution < -0.4 is 4.90 Å². The van der Waals surface area contributed by atoms with Crippen molar-refractivity contribution in [2.45, 2.75) is 24.7 Å². The summed E-state index contributed by atoms with van der Waals surface area (Å²) in [5.41, 5.74) is 22.9. The molecule has 0 saturated heterocycles. The van der Waals surface area contributed by atoms with E-state index in [-0.39, 0.29) is 5.41 Å². The van der Waals surface area contributed by atoms with E-state index in [4.69, 9.17) is 0 Å². The molecule has 0 saturated carbocycles. The van der Waals surface area contributed by atoms with Crippen molar-refractivity contribution in [3.05, 3.63) is 294 Å². The standard InChI is InChI=1S/C70H49NS/c1-69(2)62-28-13-9-23-56(62)58-43-41-53(45-64(58)69)71(52-39-34-48(35-40-52)55-26-17-27-61-60-25-12-16-31-67(60)72-68(55)61)66-30-15-11-22-54(66)49-36-42-59-57-24-10-14-29-63(57)70(65(59)44-49,50-20-7-4-8-21-50)51-37-32-47(33-38-51)46-18-5-3-6-19-46/h3-45H,1-2H3. The highest BCUT2D eigenvalue weighted by atomic mass is 32.1. The van der Waals surface area contributed by atoms with E-state index in [1.165, 1.54) is 109 Å². The Morgan fingerprint density at radius 1 is 0.319 bits per heavy atom. The molecule has 0 spiro atoms. The maximum absolute atomic E-state index is 2.50. The first-order chi connectivity index (χ1) is 35.5. The van der Waals surface area contributed by atoms with Gasteiger partial charge in [-0.2, -0.15) is 0 Å². The van der Waals surface area contributed by atoms with Gasteiger partial charge in [-0.1, -0.05) is 232 Å². The van der Waals surface area contributed by atoms with Gasteiger partial charge >= 0.3 is 0 Å². The molecule has 0 N–H and O–H groups in total. The molecular weight excluding hydrogens is 887 g/mol. The number of hydrogen-bond acceptors (Lipinski definition) is 2. The lowest BCUT2D eigenvalue weighted by Gasteiger charge is -2.34. The molecule has 340 valence electrons. The molecule has 1 heterocycles. The fourth-order valence-electron chi connectivity index (χ4n) is 12.4. The van der Waals surface area contributed by atoms with Crippen LogP contribution in [0.1, 0.15) is 47.2 Å². The molecule has 1 nitrogen and oxygen atoms in total. The molecule has 12 aromatic rings. The number of rotatable bonds is 8. The highest BCUT2D eigenvalue weighted by Gasteiger charge is 2.46. The largest absolute Gasteiger partial charge is 0.310 e. The average molecular weight is 936 g/mol. The molecule has 1 unspecified atom stereocenters. The topological polar surface area (TPSA) is 3.24 Å². The molecule has 1 atom stereocenters. The lowest BCUT2D eigenvalue weighted by molar-refractivity contribution is 0.660. The molecule has 72 heavy (non-hydrogen) atoms. The summed E-state index contributed by atoms with van der Waals surface area (Å²) in [5, 5.41) is 2.63. The van der Waals surface area contributed by atoms with Gasteiger partial charge < -0.3 is 4.90 Å². The van der Waals surface area contributed by atoms with Crippen LogP contribution in [0.15, 0.2) is 261 Å². The first-order valence-electron chi connectivity index (χ1n) is 25.1. The van der Waals surface area contributed by atoms with Crippen molar-refractivity contribution in [3.8, 4) is 55.6 Å². The van der Waals surface area contributed by atoms with Gasteiger partial charge in [0.2, 0.25) is 0 Å². The van der Waals surface area contributed by atoms with Crippen molar-refractivity contribution in [1.82, 2.24) is 0 Å². The average Bonchev–Trinajstić information content (AvgIpc) is 4.05. The van der Waals surface area contributed by atoms with Crippen LogP contribution in [0.3, 0.4) is 0 Å². The Balaban J connectivity index is 0.956. The number of nitrogens with zero attached hydrogens (tertiary/aromatic N) is 1. The van der Waals surface area contributed by atoms with Crippen molar-refractivity contribution in [2.24, 2.45) is 0 Å². The van der Waals surface area contributed by atoms with Crippen LogP contribution in [0, 0.1) is 0 Å². The second-order valence-electron chi connectivity index (χ2n) is 19.9. The van der Waals surface area contributed by atoms with Crippen LogP contribution in [0.4, 0.5) is 17.1 Å². The summed E-state index contributed by atoms with van der Waals surface area (Å²) in [6.07, 6.45) is 0. The number of fused-ring (bicyclic) bond motifs is 9. The van der Waals surface area contributed by atoms with Crippen LogP contribution in [-0.2, 0) is 10.8 Å². The van der Waals surface area contributed by atoms with Crippen LogP contribution in [0.5, 0.6) is 0 Å². The Hall–Kier alpha value is -8.56. The number of benzene rings is 11. The number of para-hydroxylation sites is 1. The maximum Gasteiger partial charge on any atom is 0.0713 e. The molecule has 2 aliphatic rings. The molecule has 0 fully saturated rings. The molecule has 0 aliphatic heterocycles. The van der Waals surface area contributed by atoms with E-state index < -0.39 is 5.41 Å². The first kappa shape index (κ1) is 42.3. The van der Waals surface area contributed by atoms with Gasteiger partial charge in [0.25, 0.3) is 0 Å². The van der Waals surface area contributed by atoms with Gasteiger partial charge in [-0.25, -0.2) is 0 Å². The highest BCUT2D eigenvalue weighted by molar-refractivity contribution is 7.26. The van der Waals surface area contributed by atoms with Gasteiger partial charge in [-0.05, 0) is 126 Å². The van der Waals surface area contributed by atoms with E-state index in [1.54, 1.807) is 0 Å². The fourth-order valence-corrected chi connectivity index (χ4v) is 13.6. The SMILES string of the molecule is CC1(C)c2ccccc2-c2ccc(N(c3ccc(-c4cccc5c4sc4ccccc45)cc3)c3ccccc3-c3ccc4c(c3)C(c3ccccc3)(c3ccc(-c5ccccc5)cc3)c3ccccc3-4)cc21. The van der Waals surface area contributed by atoms with Gasteiger partial charge in [-0.3, -0.25) is 0 Å². The summed E-state index contributed by atoms with van der Waals surface area (Å²) in [6, 6.07) is 97.4. The Morgan fingerprint density at radius 3 is 1.64 bits per heavy atom. The van der Waals surface area contributed by atoms with Gasteiger partial charge in [0, 0.05) is 42.5 Å². The Bertz CT molecular complexity index is 4050. The van der Waals surface area contributed by atoms with Crippen LogP contribution in [-0.4, -0.2) is 0 Å². The molecule has 0 bridgehead atoms. The molecule has 2 aliphatic carbocycles. The van der Waals surface area contributed by atoms with Crippen molar-refractivity contribution < 1.29 is 0 Å². The summed E-state index contributed by atoms with van der Waals surface area (Å²) >= 11 is 1.88. The summed E-state index contributed by atoms with van der Waals surface area (Å²) in [4.78, 5) is 2.49. The predicted molar refractivity (Wildman–Crippen MR) is 305 cm³/mol. The second kappa shape index (κ2) is 16.5. The summed E-state index contributed by atoms with van der Waals surface area (Å²) in [5.74, 6) is 0. The number of anilines is 3. The zero-order valence-electron chi connectivity index (χ0n) is 40.2. The molecule has 0 amide bonds. The lowest BCUT2D eigenvalue weighted by Crippen LogP contribution is -2.28. The molecule has 2 heteroatoms. The Morgan fingerprint density at radius 2 is 0.847 bits per heavy atom. The van der Waals surface area contributed by atoms with Gasteiger partial charge in [0.05, 0.1) is 11.1 Å². The minimum Gasteiger partial charge on any atom is -0.310 e. The molecular formula is C70H49NS. The van der Waals surface area contributed by atoms with Crippen molar-refractivity contribution in [1.29, 1.82) is 0 Å². The van der Waals surface area contributed by atoms with E-state index in [1.807, 2.05) is 11.3 Å². The predicted octanol–water partition coefficient (Wildman–Crippen LogP) is 19.2. The molecule has 14 rings (SSSR count). The van der Waals surface area contributed by atoms with Crippen LogP contribution in [0.25, 0.3) is 75.8 Å². The Kier molecular flexibility index (Phi) is 9.71. The quantitative estimate of drug-likeness (QED) is 0.147. The summed E-state index contributed by atoms with van der Waals surface area (Å²) in [6.45, 7) is 4.75. The minimum atomic E-state index is -0.555. The number of thiophene rings is 1. The van der Waals surface area contributed by atoms with Gasteiger partial charge in [-0.15, -0.1) is 11.3 Å². The summed E-state index contributed by atoms with van der Waals surface area (Å²) in [7, 11) is 0. The summed E-state index contributed by atoms with van der Waals surface area (Å²) < 4.78 is 2.64. The highest BCUT2D eigenvalue weighted by Crippen LogP contribution is 2.58. The zero-order chi connectivity index (χ0) is 48.0.